The maximum absolute atomic E-state index is 12.9. The van der Waals surface area contributed by atoms with E-state index in [-0.39, 0.29) is 28.0 Å². The molecule has 8 nitrogen and oxygen atoms in total. The Morgan fingerprint density at radius 1 is 1.04 bits per heavy atom. The lowest BCUT2D eigenvalue weighted by atomic mass is 10.2. The van der Waals surface area contributed by atoms with Crippen molar-refractivity contribution in [3.8, 4) is 0 Å². The van der Waals surface area contributed by atoms with Crippen LogP contribution in [0.2, 0.25) is 0 Å². The minimum Gasteiger partial charge on any atom is -0.365 e. The average Bonchev–Trinajstić information content (AvgIpc) is 2.95. The van der Waals surface area contributed by atoms with Crippen LogP contribution in [0.4, 0.5) is 16.0 Å². The average molecular weight is 377 g/mol. The summed E-state index contributed by atoms with van der Waals surface area (Å²) in [5.41, 5.74) is 1.14. The quantitative estimate of drug-likeness (QED) is 0.679. The van der Waals surface area contributed by atoms with Gasteiger partial charge in [0.1, 0.15) is 17.3 Å². The standard InChI is InChI=1S/C16H16FN5O3S/c1-10-16(11(2)25-21-10)26(23,24)22-15-8-7-14(19-20-15)18-9-12-3-5-13(17)6-4-12/h3-8H,9H2,1-2H3,(H,18,19)(H,20,22). The number of hydrogen-bond donors (Lipinski definition) is 2. The van der Waals surface area contributed by atoms with E-state index in [1.807, 2.05) is 0 Å². The fourth-order valence-electron chi connectivity index (χ4n) is 2.32. The molecule has 2 N–H and O–H groups in total. The van der Waals surface area contributed by atoms with Gasteiger partial charge in [-0.3, -0.25) is 4.72 Å². The van der Waals surface area contributed by atoms with Gasteiger partial charge in [-0.15, -0.1) is 10.2 Å². The Morgan fingerprint density at radius 2 is 1.69 bits per heavy atom. The van der Waals surface area contributed by atoms with E-state index in [0.717, 1.165) is 5.56 Å². The van der Waals surface area contributed by atoms with Crippen molar-refractivity contribution in [3.63, 3.8) is 0 Å². The van der Waals surface area contributed by atoms with E-state index < -0.39 is 10.0 Å². The van der Waals surface area contributed by atoms with Crippen LogP contribution in [-0.4, -0.2) is 23.8 Å². The molecular formula is C16H16FN5O3S. The first kappa shape index (κ1) is 17.8. The Kier molecular flexibility index (Phi) is 4.85. The molecule has 0 atom stereocenters. The van der Waals surface area contributed by atoms with Gasteiger partial charge in [0.15, 0.2) is 16.5 Å². The van der Waals surface area contributed by atoms with E-state index in [9.17, 15) is 12.8 Å². The van der Waals surface area contributed by atoms with E-state index in [1.165, 1.54) is 25.1 Å². The number of aryl methyl sites for hydroxylation is 2. The molecule has 0 aliphatic rings. The van der Waals surface area contributed by atoms with Crippen LogP contribution in [0.15, 0.2) is 45.8 Å². The predicted molar refractivity (Wildman–Crippen MR) is 92.5 cm³/mol. The number of rotatable bonds is 6. The van der Waals surface area contributed by atoms with Gasteiger partial charge in [-0.25, -0.2) is 12.8 Å². The fraction of sp³-hybridized carbons (Fsp3) is 0.188. The zero-order valence-corrected chi connectivity index (χ0v) is 14.8. The van der Waals surface area contributed by atoms with Gasteiger partial charge in [-0.1, -0.05) is 17.3 Å². The molecule has 0 saturated carbocycles. The smallest absolute Gasteiger partial charge is 0.268 e. The fourth-order valence-corrected chi connectivity index (χ4v) is 3.65. The Balaban J connectivity index is 1.67. The lowest BCUT2D eigenvalue weighted by Crippen LogP contribution is -2.16. The van der Waals surface area contributed by atoms with Gasteiger partial charge in [0, 0.05) is 6.54 Å². The number of sulfonamides is 1. The van der Waals surface area contributed by atoms with Crippen LogP contribution >= 0.6 is 0 Å². The monoisotopic (exact) mass is 377 g/mol. The van der Waals surface area contributed by atoms with Crippen molar-refractivity contribution < 1.29 is 17.3 Å². The summed E-state index contributed by atoms with van der Waals surface area (Å²) in [6, 6.07) is 9.12. The second-order valence-corrected chi connectivity index (χ2v) is 7.16. The number of halogens is 1. The van der Waals surface area contributed by atoms with Crippen LogP contribution in [0, 0.1) is 19.7 Å². The third kappa shape index (κ3) is 3.97. The van der Waals surface area contributed by atoms with Crippen molar-refractivity contribution in [2.75, 3.05) is 10.0 Å². The van der Waals surface area contributed by atoms with Crippen LogP contribution in [0.1, 0.15) is 17.0 Å². The molecule has 0 bridgehead atoms. The molecule has 0 aliphatic carbocycles. The largest absolute Gasteiger partial charge is 0.365 e. The molecular weight excluding hydrogens is 361 g/mol. The minimum atomic E-state index is -3.87. The molecule has 0 spiro atoms. The van der Waals surface area contributed by atoms with E-state index in [4.69, 9.17) is 4.52 Å². The molecule has 1 aromatic carbocycles. The first-order chi connectivity index (χ1) is 12.3. The first-order valence-corrected chi connectivity index (χ1v) is 9.11. The zero-order chi connectivity index (χ0) is 18.7. The molecule has 136 valence electrons. The highest BCUT2D eigenvalue weighted by atomic mass is 32.2. The molecule has 2 aromatic heterocycles. The Labute approximate surface area is 149 Å². The number of nitrogens with zero attached hydrogens (tertiary/aromatic N) is 3. The van der Waals surface area contributed by atoms with Crippen molar-refractivity contribution >= 4 is 21.7 Å². The summed E-state index contributed by atoms with van der Waals surface area (Å²) in [4.78, 5) is -0.0159. The molecule has 0 amide bonds. The molecule has 0 unspecified atom stereocenters. The highest BCUT2D eigenvalue weighted by Gasteiger charge is 2.24. The van der Waals surface area contributed by atoms with Crippen LogP contribution < -0.4 is 10.0 Å². The SMILES string of the molecule is Cc1noc(C)c1S(=O)(=O)Nc1ccc(NCc2ccc(F)cc2)nn1. The highest BCUT2D eigenvalue weighted by molar-refractivity contribution is 7.92. The topological polar surface area (TPSA) is 110 Å². The highest BCUT2D eigenvalue weighted by Crippen LogP contribution is 2.21. The summed E-state index contributed by atoms with van der Waals surface area (Å²) in [7, 11) is -3.87. The third-order valence-electron chi connectivity index (χ3n) is 3.53. The molecule has 0 aliphatic heterocycles. The lowest BCUT2D eigenvalue weighted by molar-refractivity contribution is 0.390. The summed E-state index contributed by atoms with van der Waals surface area (Å²) in [6.07, 6.45) is 0. The number of anilines is 2. The maximum Gasteiger partial charge on any atom is 0.268 e. The molecule has 3 aromatic rings. The van der Waals surface area contributed by atoms with E-state index >= 15 is 0 Å². The Bertz CT molecular complexity index is 982. The Morgan fingerprint density at radius 3 is 2.27 bits per heavy atom. The van der Waals surface area contributed by atoms with Crippen molar-refractivity contribution in [3.05, 3.63) is 59.2 Å². The minimum absolute atomic E-state index is 0.0159. The van der Waals surface area contributed by atoms with Crippen LogP contribution in [0.5, 0.6) is 0 Å². The zero-order valence-electron chi connectivity index (χ0n) is 14.0. The van der Waals surface area contributed by atoms with Gasteiger partial charge in [-0.2, -0.15) is 0 Å². The number of nitrogens with one attached hydrogen (secondary N) is 2. The van der Waals surface area contributed by atoms with Gasteiger partial charge in [0.25, 0.3) is 10.0 Å². The lowest BCUT2D eigenvalue weighted by Gasteiger charge is -2.08. The number of aromatic nitrogens is 3. The maximum atomic E-state index is 12.9. The number of benzene rings is 1. The first-order valence-electron chi connectivity index (χ1n) is 7.63. The van der Waals surface area contributed by atoms with Crippen molar-refractivity contribution in [1.29, 1.82) is 0 Å². The molecule has 0 saturated heterocycles. The molecule has 2 heterocycles. The molecule has 26 heavy (non-hydrogen) atoms. The predicted octanol–water partition coefficient (Wildman–Crippen LogP) is 2.63. The van der Waals surface area contributed by atoms with E-state index in [1.54, 1.807) is 25.1 Å². The van der Waals surface area contributed by atoms with Crippen LogP contribution in [0.3, 0.4) is 0 Å². The molecule has 3 rings (SSSR count). The van der Waals surface area contributed by atoms with E-state index in [0.29, 0.717) is 12.4 Å². The van der Waals surface area contributed by atoms with E-state index in [2.05, 4.69) is 25.4 Å². The van der Waals surface area contributed by atoms with Gasteiger partial charge in [-0.05, 0) is 43.7 Å². The van der Waals surface area contributed by atoms with Crippen molar-refractivity contribution in [2.45, 2.75) is 25.3 Å². The number of hydrogen-bond acceptors (Lipinski definition) is 7. The van der Waals surface area contributed by atoms with Crippen molar-refractivity contribution in [2.24, 2.45) is 0 Å². The molecule has 10 heteroatoms. The van der Waals surface area contributed by atoms with Gasteiger partial charge in [0.05, 0.1) is 0 Å². The molecule has 0 fully saturated rings. The van der Waals surface area contributed by atoms with Gasteiger partial charge < -0.3 is 9.84 Å². The van der Waals surface area contributed by atoms with Crippen LogP contribution in [0.25, 0.3) is 0 Å². The summed E-state index contributed by atoms with van der Waals surface area (Å²) in [6.45, 7) is 3.49. The summed E-state index contributed by atoms with van der Waals surface area (Å²) >= 11 is 0. The van der Waals surface area contributed by atoms with Gasteiger partial charge >= 0.3 is 0 Å². The second-order valence-electron chi connectivity index (χ2n) is 5.54. The normalized spacial score (nSPS) is 11.3. The van der Waals surface area contributed by atoms with Gasteiger partial charge in [0.2, 0.25) is 0 Å². The third-order valence-corrected chi connectivity index (χ3v) is 5.13. The molecule has 0 radical (unpaired) electrons. The van der Waals surface area contributed by atoms with Crippen molar-refractivity contribution in [1.82, 2.24) is 15.4 Å². The van der Waals surface area contributed by atoms with Crippen LogP contribution in [-0.2, 0) is 16.6 Å². The summed E-state index contributed by atoms with van der Waals surface area (Å²) in [5, 5.41) is 14.4. The second kappa shape index (κ2) is 7.08. The Hall–Kier alpha value is -3.01. The summed E-state index contributed by atoms with van der Waals surface area (Å²) in [5.74, 6) is 0.413. The summed E-state index contributed by atoms with van der Waals surface area (Å²) < 4.78 is 44.9.